The topological polar surface area (TPSA) is 27.6 Å². The molecule has 0 unspecified atom stereocenters. The predicted molar refractivity (Wildman–Crippen MR) is 40.5 cm³/mol. The van der Waals surface area contributed by atoms with Crippen molar-refractivity contribution in [1.29, 1.82) is 0 Å². The molecule has 0 aromatic carbocycles. The van der Waals surface area contributed by atoms with Gasteiger partial charge in [-0.3, -0.25) is 5.01 Å². The molecule has 54 valence electrons. The van der Waals surface area contributed by atoms with Gasteiger partial charge in [-0.25, -0.2) is 0 Å². The zero-order chi connectivity index (χ0) is 7.11. The number of hydrazone groups is 1. The van der Waals surface area contributed by atoms with Crippen molar-refractivity contribution in [2.24, 2.45) is 5.10 Å². The number of nitrogens with one attached hydrogen (secondary N) is 1. The molecule has 0 saturated heterocycles. The molecule has 0 fully saturated rings. The van der Waals surface area contributed by atoms with Crippen molar-refractivity contribution in [3.8, 4) is 0 Å². The standard InChI is InChI=1S/C6H15N3/c1-4-5-9(3)8-6-7-2/h6H,4-5H2,1-3H3,(H,7,8). The monoisotopic (exact) mass is 129 g/mol. The summed E-state index contributed by atoms with van der Waals surface area (Å²) >= 11 is 0. The quantitative estimate of drug-likeness (QED) is 0.340. The Bertz CT molecular complexity index is 80.4. The maximum Gasteiger partial charge on any atom is 0.108 e. The number of rotatable bonds is 4. The van der Waals surface area contributed by atoms with E-state index >= 15 is 0 Å². The Labute approximate surface area is 56.7 Å². The number of hydrogen-bond acceptors (Lipinski definition) is 2. The molecule has 9 heavy (non-hydrogen) atoms. The van der Waals surface area contributed by atoms with Gasteiger partial charge >= 0.3 is 0 Å². The van der Waals surface area contributed by atoms with Crippen LogP contribution in [0.15, 0.2) is 5.10 Å². The van der Waals surface area contributed by atoms with E-state index in [4.69, 9.17) is 0 Å². The van der Waals surface area contributed by atoms with E-state index in [1.165, 1.54) is 0 Å². The molecule has 3 heteroatoms. The van der Waals surface area contributed by atoms with Crippen LogP contribution in [0.5, 0.6) is 0 Å². The minimum Gasteiger partial charge on any atom is -0.378 e. The van der Waals surface area contributed by atoms with E-state index < -0.39 is 0 Å². The largest absolute Gasteiger partial charge is 0.378 e. The van der Waals surface area contributed by atoms with E-state index in [1.807, 2.05) is 19.1 Å². The average molecular weight is 129 g/mol. The Balaban J connectivity index is 3.25. The third-order valence-corrected chi connectivity index (χ3v) is 0.931. The zero-order valence-corrected chi connectivity index (χ0v) is 6.39. The molecular formula is C6H15N3. The van der Waals surface area contributed by atoms with Crippen LogP contribution in [0.2, 0.25) is 0 Å². The summed E-state index contributed by atoms with van der Waals surface area (Å²) in [5.74, 6) is 0. The van der Waals surface area contributed by atoms with Gasteiger partial charge < -0.3 is 5.32 Å². The van der Waals surface area contributed by atoms with Crippen LogP contribution in [0.4, 0.5) is 0 Å². The fourth-order valence-electron chi connectivity index (χ4n) is 0.538. The Hall–Kier alpha value is -0.730. The van der Waals surface area contributed by atoms with Crippen molar-refractivity contribution in [2.45, 2.75) is 13.3 Å². The van der Waals surface area contributed by atoms with E-state index in [0.29, 0.717) is 0 Å². The van der Waals surface area contributed by atoms with Crippen LogP contribution < -0.4 is 5.32 Å². The lowest BCUT2D eigenvalue weighted by Crippen LogP contribution is -2.14. The van der Waals surface area contributed by atoms with Gasteiger partial charge in [-0.15, -0.1) is 0 Å². The van der Waals surface area contributed by atoms with E-state index in [2.05, 4.69) is 17.3 Å². The summed E-state index contributed by atoms with van der Waals surface area (Å²) < 4.78 is 0. The summed E-state index contributed by atoms with van der Waals surface area (Å²) in [5.41, 5.74) is 0. The molecule has 0 bridgehead atoms. The molecule has 0 radical (unpaired) electrons. The molecule has 0 atom stereocenters. The molecule has 0 aromatic rings. The van der Waals surface area contributed by atoms with E-state index in [1.54, 1.807) is 6.34 Å². The third-order valence-electron chi connectivity index (χ3n) is 0.931. The summed E-state index contributed by atoms with van der Waals surface area (Å²) in [7, 11) is 3.79. The molecular weight excluding hydrogens is 114 g/mol. The summed E-state index contributed by atoms with van der Waals surface area (Å²) in [6.45, 7) is 3.14. The minimum atomic E-state index is 1.01. The van der Waals surface area contributed by atoms with Crippen molar-refractivity contribution >= 4 is 6.34 Å². The highest BCUT2D eigenvalue weighted by atomic mass is 15.4. The van der Waals surface area contributed by atoms with Crippen LogP contribution in [0, 0.1) is 0 Å². The van der Waals surface area contributed by atoms with Crippen molar-refractivity contribution in [1.82, 2.24) is 10.3 Å². The van der Waals surface area contributed by atoms with Crippen molar-refractivity contribution < 1.29 is 0 Å². The van der Waals surface area contributed by atoms with E-state index in [9.17, 15) is 0 Å². The Morgan fingerprint density at radius 2 is 2.33 bits per heavy atom. The van der Waals surface area contributed by atoms with Gasteiger partial charge in [0.05, 0.1) is 0 Å². The Kier molecular flexibility index (Phi) is 4.97. The van der Waals surface area contributed by atoms with E-state index in [0.717, 1.165) is 13.0 Å². The van der Waals surface area contributed by atoms with Crippen LogP contribution in [0.3, 0.4) is 0 Å². The van der Waals surface area contributed by atoms with Gasteiger partial charge in [0.25, 0.3) is 0 Å². The third kappa shape index (κ3) is 5.14. The Morgan fingerprint density at radius 3 is 2.78 bits per heavy atom. The lowest BCUT2D eigenvalue weighted by molar-refractivity contribution is 0.355. The fourth-order valence-corrected chi connectivity index (χ4v) is 0.538. The first-order valence-electron chi connectivity index (χ1n) is 3.22. The second-order valence-corrected chi connectivity index (χ2v) is 1.91. The molecule has 0 aromatic heterocycles. The maximum atomic E-state index is 4.03. The van der Waals surface area contributed by atoms with Crippen LogP contribution >= 0.6 is 0 Å². The lowest BCUT2D eigenvalue weighted by Gasteiger charge is -2.09. The van der Waals surface area contributed by atoms with E-state index in [-0.39, 0.29) is 0 Å². The molecule has 0 aliphatic rings. The highest BCUT2D eigenvalue weighted by Gasteiger charge is 1.84. The van der Waals surface area contributed by atoms with Crippen molar-refractivity contribution in [2.75, 3.05) is 20.6 Å². The highest BCUT2D eigenvalue weighted by molar-refractivity contribution is 5.52. The highest BCUT2D eigenvalue weighted by Crippen LogP contribution is 1.83. The van der Waals surface area contributed by atoms with Gasteiger partial charge in [-0.1, -0.05) is 6.92 Å². The molecule has 0 amide bonds. The number of nitrogens with zero attached hydrogens (tertiary/aromatic N) is 2. The van der Waals surface area contributed by atoms with Gasteiger partial charge in [0.15, 0.2) is 0 Å². The predicted octanol–water partition coefficient (Wildman–Crippen LogP) is 0.491. The first-order valence-corrected chi connectivity index (χ1v) is 3.22. The van der Waals surface area contributed by atoms with Gasteiger partial charge in [-0.05, 0) is 6.42 Å². The minimum absolute atomic E-state index is 1.01. The molecule has 0 aliphatic carbocycles. The zero-order valence-electron chi connectivity index (χ0n) is 6.39. The smallest absolute Gasteiger partial charge is 0.108 e. The van der Waals surface area contributed by atoms with Gasteiger partial charge in [-0.2, -0.15) is 5.10 Å². The number of hydrogen-bond donors (Lipinski definition) is 1. The Morgan fingerprint density at radius 1 is 1.67 bits per heavy atom. The first kappa shape index (κ1) is 8.27. The normalized spacial score (nSPS) is 10.1. The molecule has 0 aliphatic heterocycles. The average Bonchev–Trinajstić information content (AvgIpc) is 1.85. The second-order valence-electron chi connectivity index (χ2n) is 1.91. The maximum absolute atomic E-state index is 4.03. The summed E-state index contributed by atoms with van der Waals surface area (Å²) in [5, 5.41) is 8.75. The fraction of sp³-hybridized carbons (Fsp3) is 0.833. The van der Waals surface area contributed by atoms with Crippen molar-refractivity contribution in [3.05, 3.63) is 0 Å². The molecule has 0 spiro atoms. The second kappa shape index (κ2) is 5.41. The molecule has 0 saturated carbocycles. The molecule has 1 N–H and O–H groups in total. The van der Waals surface area contributed by atoms with Crippen molar-refractivity contribution in [3.63, 3.8) is 0 Å². The first-order chi connectivity index (χ1) is 4.31. The summed E-state index contributed by atoms with van der Waals surface area (Å²) in [4.78, 5) is 0. The molecule has 0 rings (SSSR count). The molecule has 0 heterocycles. The van der Waals surface area contributed by atoms with Crippen LogP contribution in [-0.2, 0) is 0 Å². The van der Waals surface area contributed by atoms with Gasteiger partial charge in [0.2, 0.25) is 0 Å². The van der Waals surface area contributed by atoms with Crippen LogP contribution in [-0.4, -0.2) is 32.0 Å². The van der Waals surface area contributed by atoms with Gasteiger partial charge in [0.1, 0.15) is 6.34 Å². The molecule has 3 nitrogen and oxygen atoms in total. The lowest BCUT2D eigenvalue weighted by atomic mass is 10.5. The van der Waals surface area contributed by atoms with Crippen LogP contribution in [0.1, 0.15) is 13.3 Å². The van der Waals surface area contributed by atoms with Crippen LogP contribution in [0.25, 0.3) is 0 Å². The summed E-state index contributed by atoms with van der Waals surface area (Å²) in [6, 6.07) is 0. The summed E-state index contributed by atoms with van der Waals surface area (Å²) in [6.07, 6.45) is 2.81. The SMILES string of the molecule is CCCN(C)/N=C\NC. The van der Waals surface area contributed by atoms with Gasteiger partial charge in [0, 0.05) is 20.6 Å².